The van der Waals surface area contributed by atoms with Crippen molar-refractivity contribution >= 4 is 11.6 Å². The summed E-state index contributed by atoms with van der Waals surface area (Å²) in [7, 11) is 0. The van der Waals surface area contributed by atoms with Crippen LogP contribution in [0.4, 0.5) is 0 Å². The monoisotopic (exact) mass is 355 g/mol. The molecule has 138 valence electrons. The quantitative estimate of drug-likeness (QED) is 0.349. The predicted octanol–water partition coefficient (Wildman–Crippen LogP) is 1.79. The molecule has 0 bridgehead atoms. The number of carbonyl (C=O) groups excluding carboxylic acids is 1. The molecule has 0 radical (unpaired) electrons. The second kappa shape index (κ2) is 9.72. The Hall–Kier alpha value is -2.67. The highest BCUT2D eigenvalue weighted by Gasteiger charge is 2.23. The minimum absolute atomic E-state index is 0.489. The zero-order chi connectivity index (χ0) is 18.9. The van der Waals surface area contributed by atoms with Gasteiger partial charge in [-0.2, -0.15) is 0 Å². The van der Waals surface area contributed by atoms with Crippen molar-refractivity contribution in [3.63, 3.8) is 0 Å². The Labute approximate surface area is 153 Å². The maximum Gasteiger partial charge on any atom is 0.268 e. The standard InChI is InChI=1S/C20H25N3O3/c1-14(22-19(15(2)24)20(25)23-26)18-10-8-17(9-11-18)13-21-12-16-6-4-3-5-7-16/h3-11,15,19,21-22,24,26H,1,12-13H2,2H3,(H,23,25)/t15-,19+/m1/s1. The van der Waals surface area contributed by atoms with Crippen LogP contribution in [0.5, 0.6) is 0 Å². The normalized spacial score (nSPS) is 12.9. The molecule has 0 aliphatic rings. The van der Waals surface area contributed by atoms with Gasteiger partial charge in [0.05, 0.1) is 6.10 Å². The number of aliphatic hydroxyl groups is 1. The van der Waals surface area contributed by atoms with E-state index in [-0.39, 0.29) is 0 Å². The maximum atomic E-state index is 11.6. The van der Waals surface area contributed by atoms with Gasteiger partial charge in [-0.1, -0.05) is 61.2 Å². The minimum atomic E-state index is -0.986. The molecule has 5 N–H and O–H groups in total. The molecule has 2 rings (SSSR count). The number of rotatable bonds is 9. The first-order chi connectivity index (χ1) is 12.5. The van der Waals surface area contributed by atoms with Crippen molar-refractivity contribution in [3.8, 4) is 0 Å². The van der Waals surface area contributed by atoms with Crippen LogP contribution in [-0.2, 0) is 17.9 Å². The molecule has 0 saturated carbocycles. The molecule has 6 nitrogen and oxygen atoms in total. The van der Waals surface area contributed by atoms with Crippen LogP contribution in [0, 0.1) is 0 Å². The van der Waals surface area contributed by atoms with E-state index in [1.807, 2.05) is 42.5 Å². The highest BCUT2D eigenvalue weighted by Crippen LogP contribution is 2.13. The van der Waals surface area contributed by atoms with Gasteiger partial charge in [-0.05, 0) is 23.6 Å². The van der Waals surface area contributed by atoms with Gasteiger partial charge in [-0.25, -0.2) is 5.48 Å². The van der Waals surface area contributed by atoms with Gasteiger partial charge >= 0.3 is 0 Å². The van der Waals surface area contributed by atoms with Crippen LogP contribution in [-0.4, -0.2) is 28.4 Å². The van der Waals surface area contributed by atoms with Gasteiger partial charge in [0, 0.05) is 18.8 Å². The summed E-state index contributed by atoms with van der Waals surface area (Å²) in [5.74, 6) is -0.720. The number of amides is 1. The van der Waals surface area contributed by atoms with Crippen molar-refractivity contribution in [2.24, 2.45) is 0 Å². The fourth-order valence-electron chi connectivity index (χ4n) is 2.52. The maximum absolute atomic E-state index is 11.6. The first kappa shape index (κ1) is 19.7. The Balaban J connectivity index is 1.89. The second-order valence-corrected chi connectivity index (χ2v) is 6.10. The Morgan fingerprint density at radius 1 is 1.04 bits per heavy atom. The number of hydrogen-bond acceptors (Lipinski definition) is 5. The van der Waals surface area contributed by atoms with Crippen molar-refractivity contribution in [1.82, 2.24) is 16.1 Å². The summed E-state index contributed by atoms with van der Waals surface area (Å²) in [6.45, 7) is 6.89. The van der Waals surface area contributed by atoms with Crippen molar-refractivity contribution in [3.05, 3.63) is 77.9 Å². The van der Waals surface area contributed by atoms with Gasteiger partial charge in [0.25, 0.3) is 5.91 Å². The molecule has 6 heteroatoms. The number of hydrogen-bond donors (Lipinski definition) is 5. The van der Waals surface area contributed by atoms with Crippen LogP contribution in [0.15, 0.2) is 61.2 Å². The van der Waals surface area contributed by atoms with Crippen LogP contribution < -0.4 is 16.1 Å². The molecule has 2 aromatic rings. The molecule has 0 fully saturated rings. The summed E-state index contributed by atoms with van der Waals surface area (Å²) < 4.78 is 0. The third-order valence-corrected chi connectivity index (χ3v) is 4.01. The molecule has 0 aromatic heterocycles. The summed E-state index contributed by atoms with van der Waals surface area (Å²) in [6.07, 6.45) is -0.986. The first-order valence-electron chi connectivity index (χ1n) is 8.42. The highest BCUT2D eigenvalue weighted by molar-refractivity contribution is 5.83. The van der Waals surface area contributed by atoms with Crippen LogP contribution in [0.3, 0.4) is 0 Å². The Kier molecular flexibility index (Phi) is 7.35. The third kappa shape index (κ3) is 5.70. The highest BCUT2D eigenvalue weighted by atomic mass is 16.5. The van der Waals surface area contributed by atoms with E-state index in [2.05, 4.69) is 29.3 Å². The first-order valence-corrected chi connectivity index (χ1v) is 8.42. The topological polar surface area (TPSA) is 93.6 Å². The Morgan fingerprint density at radius 2 is 1.62 bits per heavy atom. The lowest BCUT2D eigenvalue weighted by Gasteiger charge is -2.22. The van der Waals surface area contributed by atoms with Crippen molar-refractivity contribution in [2.75, 3.05) is 0 Å². The lowest BCUT2D eigenvalue weighted by atomic mass is 10.1. The molecule has 0 spiro atoms. The van der Waals surface area contributed by atoms with Gasteiger partial charge in [0.2, 0.25) is 0 Å². The van der Waals surface area contributed by atoms with E-state index in [0.29, 0.717) is 5.70 Å². The Morgan fingerprint density at radius 3 is 2.15 bits per heavy atom. The second-order valence-electron chi connectivity index (χ2n) is 6.10. The largest absolute Gasteiger partial charge is 0.391 e. The van der Waals surface area contributed by atoms with Gasteiger partial charge in [0.1, 0.15) is 6.04 Å². The molecule has 2 aromatic carbocycles. The summed E-state index contributed by atoms with van der Waals surface area (Å²) in [5.41, 5.74) is 5.18. The number of carbonyl (C=O) groups is 1. The van der Waals surface area contributed by atoms with E-state index in [9.17, 15) is 9.90 Å². The molecule has 1 amide bonds. The van der Waals surface area contributed by atoms with Crippen molar-refractivity contribution in [1.29, 1.82) is 0 Å². The summed E-state index contributed by atoms with van der Waals surface area (Å²) in [5, 5.41) is 24.6. The lowest BCUT2D eigenvalue weighted by molar-refractivity contribution is -0.133. The average molecular weight is 355 g/mol. The number of nitrogens with one attached hydrogen (secondary N) is 3. The minimum Gasteiger partial charge on any atom is -0.391 e. The van der Waals surface area contributed by atoms with E-state index in [4.69, 9.17) is 5.21 Å². The van der Waals surface area contributed by atoms with Crippen molar-refractivity contribution < 1.29 is 15.1 Å². The van der Waals surface area contributed by atoms with E-state index in [1.54, 1.807) is 0 Å². The SMILES string of the molecule is C=C(N[C@H](C(=O)NO)[C@@H](C)O)c1ccc(CNCc2ccccc2)cc1. The molecule has 26 heavy (non-hydrogen) atoms. The molecule has 0 aliphatic carbocycles. The molecular formula is C20H25N3O3. The fourth-order valence-corrected chi connectivity index (χ4v) is 2.52. The summed E-state index contributed by atoms with van der Waals surface area (Å²) in [6, 6.07) is 16.9. The molecule has 2 atom stereocenters. The van der Waals surface area contributed by atoms with E-state index < -0.39 is 18.1 Å². The average Bonchev–Trinajstić information content (AvgIpc) is 2.66. The molecular weight excluding hydrogens is 330 g/mol. The molecule has 0 saturated heterocycles. The van der Waals surface area contributed by atoms with Crippen LogP contribution in [0.2, 0.25) is 0 Å². The van der Waals surface area contributed by atoms with Gasteiger partial charge < -0.3 is 15.7 Å². The predicted molar refractivity (Wildman–Crippen MR) is 101 cm³/mol. The summed E-state index contributed by atoms with van der Waals surface area (Å²) >= 11 is 0. The number of hydroxylamine groups is 1. The summed E-state index contributed by atoms with van der Waals surface area (Å²) in [4.78, 5) is 11.6. The van der Waals surface area contributed by atoms with Crippen LogP contribution in [0.25, 0.3) is 5.70 Å². The van der Waals surface area contributed by atoms with E-state index >= 15 is 0 Å². The molecule has 0 aliphatic heterocycles. The smallest absolute Gasteiger partial charge is 0.268 e. The van der Waals surface area contributed by atoms with Crippen LogP contribution >= 0.6 is 0 Å². The Bertz CT molecular complexity index is 715. The van der Waals surface area contributed by atoms with E-state index in [1.165, 1.54) is 18.0 Å². The van der Waals surface area contributed by atoms with E-state index in [0.717, 1.165) is 24.2 Å². The number of aliphatic hydroxyl groups excluding tert-OH is 1. The van der Waals surface area contributed by atoms with Gasteiger partial charge in [-0.3, -0.25) is 10.0 Å². The zero-order valence-corrected chi connectivity index (χ0v) is 14.8. The molecule has 0 unspecified atom stereocenters. The molecule has 0 heterocycles. The van der Waals surface area contributed by atoms with Gasteiger partial charge in [0.15, 0.2) is 0 Å². The third-order valence-electron chi connectivity index (χ3n) is 4.01. The fraction of sp³-hybridized carbons (Fsp3) is 0.250. The lowest BCUT2D eigenvalue weighted by Crippen LogP contribution is -2.48. The van der Waals surface area contributed by atoms with Crippen LogP contribution in [0.1, 0.15) is 23.6 Å². The van der Waals surface area contributed by atoms with Crippen molar-refractivity contribution in [2.45, 2.75) is 32.2 Å². The van der Waals surface area contributed by atoms with Gasteiger partial charge in [-0.15, -0.1) is 0 Å². The number of benzene rings is 2. The zero-order valence-electron chi connectivity index (χ0n) is 14.8.